The third-order valence-corrected chi connectivity index (χ3v) is 17.2. The first-order valence-electron chi connectivity index (χ1n) is 29.2. The number of rotatable bonds is 8. The van der Waals surface area contributed by atoms with Crippen LogP contribution in [0, 0.1) is 15.9 Å². The summed E-state index contributed by atoms with van der Waals surface area (Å²) in [7, 11) is 0. The van der Waals surface area contributed by atoms with Crippen LogP contribution in [0.25, 0.3) is 66.9 Å². The van der Waals surface area contributed by atoms with Crippen molar-refractivity contribution in [2.75, 3.05) is 9.80 Å². The van der Waals surface area contributed by atoms with Gasteiger partial charge in [-0.25, -0.2) is 0 Å². The Morgan fingerprint density at radius 2 is 0.906 bits per heavy atom. The second-order valence-corrected chi connectivity index (χ2v) is 26.1. The molecule has 10 aromatic carbocycles. The fraction of sp³-hybridized carbons (Fsp3) is 0.154. The van der Waals surface area contributed by atoms with E-state index in [9.17, 15) is 0 Å². The van der Waals surface area contributed by atoms with Gasteiger partial charge in [0.1, 0.15) is 0 Å². The van der Waals surface area contributed by atoms with Gasteiger partial charge >= 0.3 is 287 Å². The van der Waals surface area contributed by atoms with Gasteiger partial charge in [-0.3, -0.25) is 0 Å². The van der Waals surface area contributed by atoms with E-state index in [1.54, 1.807) is 0 Å². The maximum absolute atomic E-state index is 7.14. The first kappa shape index (κ1) is 55.1. The van der Waals surface area contributed by atoms with Gasteiger partial charge in [-0.1, -0.05) is 130 Å². The predicted molar refractivity (Wildman–Crippen MR) is 349 cm³/mol. The van der Waals surface area contributed by atoms with Gasteiger partial charge in [0, 0.05) is 17.4 Å². The van der Waals surface area contributed by atoms with Crippen LogP contribution in [0.1, 0.15) is 79.0 Å². The summed E-state index contributed by atoms with van der Waals surface area (Å²) >= 11 is 2.49. The van der Waals surface area contributed by atoms with Crippen LogP contribution in [0.15, 0.2) is 243 Å². The van der Waals surface area contributed by atoms with Gasteiger partial charge in [-0.2, -0.15) is 0 Å². The fourth-order valence-electron chi connectivity index (χ4n) is 11.6. The van der Waals surface area contributed by atoms with E-state index in [4.69, 9.17) is 9.72 Å². The van der Waals surface area contributed by atoms with Crippen molar-refractivity contribution < 1.29 is 24.1 Å². The summed E-state index contributed by atoms with van der Waals surface area (Å²) in [4.78, 5) is 10.0. The van der Waals surface area contributed by atoms with Gasteiger partial charge in [-0.15, -0.1) is 0 Å². The number of anilines is 6. The molecular formula is C78H67N5OPt-2. The molecule has 0 radical (unpaired) electrons. The van der Waals surface area contributed by atoms with Crippen LogP contribution in [-0.4, -0.2) is 14.1 Å². The summed E-state index contributed by atoms with van der Waals surface area (Å²) < 4.78 is 12.8. The minimum absolute atomic E-state index is 0.0486. The maximum atomic E-state index is 7.14. The third kappa shape index (κ3) is 10.6. The number of para-hydroxylation sites is 4. The van der Waals surface area contributed by atoms with Crippen molar-refractivity contribution in [1.82, 2.24) is 14.1 Å². The van der Waals surface area contributed by atoms with Gasteiger partial charge in [0.2, 0.25) is 0 Å². The molecule has 12 aromatic rings. The Labute approximate surface area is 511 Å². The van der Waals surface area contributed by atoms with E-state index in [-0.39, 0.29) is 16.2 Å². The first-order chi connectivity index (χ1) is 41.0. The van der Waals surface area contributed by atoms with Crippen LogP contribution in [0.4, 0.5) is 34.3 Å². The number of nitrogens with zero attached hydrogens (tertiary/aromatic N) is 5. The summed E-state index contributed by atoms with van der Waals surface area (Å²) in [5, 5.41) is 0. The molecular weight excluding hydrogens is 1220 g/mol. The molecule has 0 fully saturated rings. The molecule has 0 N–H and O–H groups in total. The molecule has 0 amide bonds. The Bertz CT molecular complexity index is 4510. The Kier molecular flexibility index (Phi) is 14.2. The van der Waals surface area contributed by atoms with Crippen molar-refractivity contribution in [2.24, 2.45) is 0 Å². The molecule has 0 saturated heterocycles. The summed E-state index contributed by atoms with van der Waals surface area (Å²) in [6, 6.07) is 92.8. The van der Waals surface area contributed by atoms with E-state index in [2.05, 4.69) is 343 Å². The quantitative estimate of drug-likeness (QED) is 0.142. The number of pyridine rings is 1. The van der Waals surface area contributed by atoms with Crippen LogP contribution < -0.4 is 14.5 Å². The van der Waals surface area contributed by atoms with Gasteiger partial charge in [0.25, 0.3) is 0 Å². The summed E-state index contributed by atoms with van der Waals surface area (Å²) in [5.41, 5.74) is 20.9. The van der Waals surface area contributed by atoms with Crippen LogP contribution >= 0.6 is 0 Å². The number of benzene rings is 10. The molecule has 7 heteroatoms. The van der Waals surface area contributed by atoms with Gasteiger partial charge in [-0.05, 0) is 69.6 Å². The molecule has 0 aliphatic carbocycles. The second-order valence-electron chi connectivity index (χ2n) is 25.1. The van der Waals surface area contributed by atoms with Crippen LogP contribution in [0.3, 0.4) is 0 Å². The summed E-state index contributed by atoms with van der Waals surface area (Å²) in [6.45, 7) is 20.5. The monoisotopic (exact) mass is 1280 g/mol. The Hall–Kier alpha value is -9.09. The SMILES string of the molecule is CC(C)(C)c1cc(-n2[c](=[Pt])n(-c3[c-]c(Oc4[c-]c5c(cc4)-c4cc(-c6ccccc6)ccc4N(c4ccccc4)c4ccc(-c6ccccc6)cc4-c4ccccc4N5c4cc(C(C)(C)C)ccn4)ccc3)c3ccccc32)cc(C(C)(C)C)c1. The number of fused-ring (bicyclic) bond motifs is 7. The van der Waals surface area contributed by atoms with Crippen LogP contribution in [0.2, 0.25) is 0 Å². The molecule has 0 atom stereocenters. The fourth-order valence-corrected chi connectivity index (χ4v) is 12.7. The molecule has 1 aliphatic rings. The number of ether oxygens (including phenoxy) is 1. The van der Waals surface area contributed by atoms with E-state index in [1.165, 1.54) is 11.1 Å². The molecule has 0 unspecified atom stereocenters. The van der Waals surface area contributed by atoms with Gasteiger partial charge in [0.05, 0.1) is 5.69 Å². The van der Waals surface area contributed by atoms with Gasteiger partial charge in [0.15, 0.2) is 0 Å². The molecule has 2 aromatic heterocycles. The molecule has 13 rings (SSSR count). The number of aromatic nitrogens is 3. The minimum atomic E-state index is -0.175. The number of hydrogen-bond acceptors (Lipinski definition) is 4. The first-order valence-corrected chi connectivity index (χ1v) is 30.3. The second kappa shape index (κ2) is 21.8. The zero-order valence-electron chi connectivity index (χ0n) is 49.6. The zero-order valence-corrected chi connectivity index (χ0v) is 51.8. The van der Waals surface area contributed by atoms with E-state index < -0.39 is 0 Å². The predicted octanol–water partition coefficient (Wildman–Crippen LogP) is 21.1. The topological polar surface area (TPSA) is 38.5 Å². The average molecular weight is 1290 g/mol. The van der Waals surface area contributed by atoms with Crippen LogP contribution in [-0.2, 0) is 35.6 Å². The van der Waals surface area contributed by atoms with Gasteiger partial charge < -0.3 is 4.90 Å². The molecule has 85 heavy (non-hydrogen) atoms. The number of hydrogen-bond donors (Lipinski definition) is 0. The van der Waals surface area contributed by atoms with E-state index >= 15 is 0 Å². The Morgan fingerprint density at radius 3 is 1.52 bits per heavy atom. The van der Waals surface area contributed by atoms with E-state index in [0.717, 1.165) is 111 Å². The van der Waals surface area contributed by atoms with Crippen molar-refractivity contribution in [2.45, 2.75) is 78.6 Å². The van der Waals surface area contributed by atoms with Crippen molar-refractivity contribution in [1.29, 1.82) is 0 Å². The summed E-state index contributed by atoms with van der Waals surface area (Å²) in [5.74, 6) is 1.85. The summed E-state index contributed by atoms with van der Waals surface area (Å²) in [6.07, 6.45) is 1.94. The van der Waals surface area contributed by atoms with Crippen molar-refractivity contribution in [3.05, 3.63) is 275 Å². The molecule has 3 heterocycles. The van der Waals surface area contributed by atoms with Crippen molar-refractivity contribution in [3.8, 4) is 67.4 Å². The Balaban J connectivity index is 1.05. The normalized spacial score (nSPS) is 12.6. The van der Waals surface area contributed by atoms with Crippen LogP contribution in [0.5, 0.6) is 11.5 Å². The Morgan fingerprint density at radius 1 is 0.376 bits per heavy atom. The van der Waals surface area contributed by atoms with E-state index in [0.29, 0.717) is 11.5 Å². The molecule has 0 bridgehead atoms. The standard InChI is InChI=1S/C78H67N5O.Pt/c1-76(2,3)57-42-43-79-75(49-57)83-69-33-20-19-32-65(69)67-44-55(53-24-13-10-14-25-53)36-40-70(67)82(60-28-17-12-18-29-60)71-41-37-56(54-26-15-11-16-27-54)45-68(71)66-39-38-64(51-74(66)83)84-63-31-23-30-61(50-63)80-52-81(73-35-22-21-34-72(73)80)62-47-58(77(4,5)6)46-59(48-62)78(7,8)9;/h10-49H,1-9H3;/q-2;. The number of imidazole rings is 1. The molecule has 422 valence electrons. The molecule has 0 saturated carbocycles. The molecule has 0 spiro atoms. The molecule has 6 nitrogen and oxygen atoms in total. The third-order valence-electron chi connectivity index (χ3n) is 16.2. The van der Waals surface area contributed by atoms with Crippen molar-refractivity contribution in [3.63, 3.8) is 0 Å². The average Bonchev–Trinajstić information content (AvgIpc) is 2.94. The zero-order chi connectivity index (χ0) is 58.8. The molecule has 1 aliphatic heterocycles. The van der Waals surface area contributed by atoms with Crippen molar-refractivity contribution >= 4 is 45.3 Å². The van der Waals surface area contributed by atoms with E-state index in [1.807, 2.05) is 12.3 Å².